The molecule has 1 unspecified atom stereocenters. The van der Waals surface area contributed by atoms with Crippen LogP contribution in [0.15, 0.2) is 17.0 Å². The van der Waals surface area contributed by atoms with Crippen molar-refractivity contribution in [3.8, 4) is 0 Å². The van der Waals surface area contributed by atoms with Gasteiger partial charge in [0.25, 0.3) is 0 Å². The number of nitrogens with one attached hydrogen (secondary N) is 1. The molecule has 0 aliphatic heterocycles. The lowest BCUT2D eigenvalue weighted by molar-refractivity contribution is -0.387. The number of hydrogen-bond donors (Lipinski definition) is 2. The molecule has 1 atom stereocenters. The van der Waals surface area contributed by atoms with E-state index in [1.807, 2.05) is 0 Å². The van der Waals surface area contributed by atoms with Crippen molar-refractivity contribution < 1.29 is 22.5 Å². The molecule has 0 spiro atoms. The second-order valence-corrected chi connectivity index (χ2v) is 6.24. The van der Waals surface area contributed by atoms with Gasteiger partial charge in [-0.05, 0) is 25.5 Å². The molecule has 0 aliphatic carbocycles. The fourth-order valence-corrected chi connectivity index (χ4v) is 3.03. The third-order valence-corrected chi connectivity index (χ3v) is 4.15. The van der Waals surface area contributed by atoms with E-state index in [4.69, 9.17) is 5.73 Å². The number of aryl methyl sites for hydroxylation is 1. The quantitative estimate of drug-likeness (QED) is 0.584. The van der Waals surface area contributed by atoms with Crippen LogP contribution in [-0.2, 0) is 14.8 Å². The van der Waals surface area contributed by atoms with Crippen LogP contribution < -0.4 is 10.5 Å². The summed E-state index contributed by atoms with van der Waals surface area (Å²) in [5.41, 5.74) is 3.84. The molecule has 1 rings (SSSR count). The number of carbonyl (C=O) groups excluding carboxylic acids is 1. The summed E-state index contributed by atoms with van der Waals surface area (Å²) in [5, 5.41) is 10.7. The zero-order valence-electron chi connectivity index (χ0n) is 11.3. The van der Waals surface area contributed by atoms with E-state index in [2.05, 4.69) is 4.72 Å². The highest BCUT2D eigenvalue weighted by Crippen LogP contribution is 2.25. The van der Waals surface area contributed by atoms with E-state index in [1.165, 1.54) is 13.8 Å². The van der Waals surface area contributed by atoms with Gasteiger partial charge in [-0.15, -0.1) is 0 Å². The Morgan fingerprint density at radius 1 is 1.52 bits per heavy atom. The van der Waals surface area contributed by atoms with Crippen molar-refractivity contribution in [1.82, 2.24) is 4.72 Å². The van der Waals surface area contributed by atoms with Gasteiger partial charge in [0.2, 0.25) is 21.7 Å². The van der Waals surface area contributed by atoms with Crippen molar-refractivity contribution >= 4 is 21.6 Å². The van der Waals surface area contributed by atoms with Crippen LogP contribution in [0.4, 0.5) is 10.1 Å². The highest BCUT2D eigenvalue weighted by Gasteiger charge is 2.25. The van der Waals surface area contributed by atoms with Gasteiger partial charge in [0.1, 0.15) is 0 Å². The van der Waals surface area contributed by atoms with Crippen molar-refractivity contribution in [3.63, 3.8) is 0 Å². The van der Waals surface area contributed by atoms with Gasteiger partial charge < -0.3 is 5.73 Å². The lowest BCUT2D eigenvalue weighted by Gasteiger charge is -2.13. The van der Waals surface area contributed by atoms with Gasteiger partial charge in [-0.3, -0.25) is 14.9 Å². The van der Waals surface area contributed by atoms with Crippen molar-refractivity contribution in [2.24, 2.45) is 5.73 Å². The topological polar surface area (TPSA) is 132 Å². The van der Waals surface area contributed by atoms with Gasteiger partial charge in [0.05, 0.1) is 9.82 Å². The average Bonchev–Trinajstić information content (AvgIpc) is 2.29. The molecule has 0 saturated heterocycles. The van der Waals surface area contributed by atoms with Crippen molar-refractivity contribution in [1.29, 1.82) is 0 Å². The number of sulfonamides is 1. The third kappa shape index (κ3) is 4.20. The van der Waals surface area contributed by atoms with E-state index in [9.17, 15) is 27.7 Å². The summed E-state index contributed by atoms with van der Waals surface area (Å²) in [6.45, 7) is 2.63. The van der Waals surface area contributed by atoms with E-state index in [-0.39, 0.29) is 12.0 Å². The largest absolute Gasteiger partial charge is 0.370 e. The van der Waals surface area contributed by atoms with Crippen LogP contribution in [0.1, 0.15) is 18.9 Å². The normalized spacial score (nSPS) is 12.9. The van der Waals surface area contributed by atoms with Crippen molar-refractivity contribution in [3.05, 3.63) is 33.6 Å². The number of primary amides is 1. The van der Waals surface area contributed by atoms with Crippen molar-refractivity contribution in [2.75, 3.05) is 0 Å². The van der Waals surface area contributed by atoms with Gasteiger partial charge in [-0.1, -0.05) is 0 Å². The Morgan fingerprint density at radius 2 is 2.10 bits per heavy atom. The van der Waals surface area contributed by atoms with Gasteiger partial charge in [0.15, 0.2) is 0 Å². The van der Waals surface area contributed by atoms with Gasteiger partial charge >= 0.3 is 5.69 Å². The number of hydrogen-bond acceptors (Lipinski definition) is 5. The molecule has 21 heavy (non-hydrogen) atoms. The Bertz CT molecular complexity index is 689. The van der Waals surface area contributed by atoms with E-state index in [1.54, 1.807) is 0 Å². The Labute approximate surface area is 120 Å². The summed E-state index contributed by atoms with van der Waals surface area (Å²) in [4.78, 5) is 20.0. The Kier molecular flexibility index (Phi) is 4.97. The molecule has 0 heterocycles. The molecule has 1 aromatic carbocycles. The molecule has 8 nitrogen and oxygen atoms in total. The molecular weight excluding hydrogens is 305 g/mol. The first-order valence-corrected chi connectivity index (χ1v) is 7.28. The average molecular weight is 319 g/mol. The number of carbonyl (C=O) groups is 1. The number of nitro benzene ring substituents is 1. The summed E-state index contributed by atoms with van der Waals surface area (Å²) in [6, 6.07) is 0.806. The van der Waals surface area contributed by atoms with Crippen molar-refractivity contribution in [2.45, 2.75) is 31.2 Å². The first-order chi connectivity index (χ1) is 9.54. The lowest BCUT2D eigenvalue weighted by Crippen LogP contribution is -2.35. The van der Waals surface area contributed by atoms with Gasteiger partial charge in [-0.25, -0.2) is 13.1 Å². The second kappa shape index (κ2) is 6.14. The Hall–Kier alpha value is -2.07. The maximum Gasteiger partial charge on any atom is 0.306 e. The second-order valence-electron chi connectivity index (χ2n) is 4.52. The minimum atomic E-state index is -4.13. The molecule has 1 aromatic rings. The number of rotatable bonds is 6. The molecule has 10 heteroatoms. The SMILES string of the molecule is Cc1cc(S(=O)(=O)NC(C)CC(N)=O)cc([N+](=O)[O-])c1F. The smallest absolute Gasteiger partial charge is 0.306 e. The minimum absolute atomic E-state index is 0.174. The van der Waals surface area contributed by atoms with Crippen LogP contribution in [0.5, 0.6) is 0 Å². The summed E-state index contributed by atoms with van der Waals surface area (Å²) in [6.07, 6.45) is -0.235. The molecule has 0 fully saturated rings. The molecule has 0 aliphatic rings. The number of halogens is 1. The highest BCUT2D eigenvalue weighted by atomic mass is 32.2. The van der Waals surface area contributed by atoms with Crippen LogP contribution in [0.3, 0.4) is 0 Å². The first-order valence-electron chi connectivity index (χ1n) is 5.79. The van der Waals surface area contributed by atoms with E-state index in [0.29, 0.717) is 6.07 Å². The molecule has 0 aromatic heterocycles. The minimum Gasteiger partial charge on any atom is -0.370 e. The summed E-state index contributed by atoms with van der Waals surface area (Å²) >= 11 is 0. The Morgan fingerprint density at radius 3 is 2.57 bits per heavy atom. The molecule has 1 amide bonds. The fourth-order valence-electron chi connectivity index (χ4n) is 1.68. The van der Waals surface area contributed by atoms with E-state index in [0.717, 1.165) is 6.07 Å². The zero-order valence-corrected chi connectivity index (χ0v) is 12.1. The standard InChI is InChI=1S/C11H14FN3O5S/c1-6-3-8(5-9(11(6)12)15(17)18)21(19,20)14-7(2)4-10(13)16/h3,5,7,14H,4H2,1-2H3,(H2,13,16). The van der Waals surface area contributed by atoms with Crippen LogP contribution in [-0.4, -0.2) is 25.3 Å². The zero-order chi connectivity index (χ0) is 16.4. The number of nitrogens with two attached hydrogens (primary N) is 1. The Balaban J connectivity index is 3.20. The van der Waals surface area contributed by atoms with E-state index >= 15 is 0 Å². The highest BCUT2D eigenvalue weighted by molar-refractivity contribution is 7.89. The first kappa shape index (κ1) is 17.0. The molecule has 0 radical (unpaired) electrons. The summed E-state index contributed by atoms with van der Waals surface area (Å²) in [5.74, 6) is -1.80. The number of amides is 1. The molecule has 116 valence electrons. The van der Waals surface area contributed by atoms with Crippen LogP contribution in [0, 0.1) is 22.9 Å². The molecule has 0 saturated carbocycles. The maximum absolute atomic E-state index is 13.5. The molecular formula is C11H14FN3O5S. The fraction of sp³-hybridized carbons (Fsp3) is 0.364. The summed E-state index contributed by atoms with van der Waals surface area (Å²) < 4.78 is 39.8. The predicted molar refractivity (Wildman–Crippen MR) is 71.4 cm³/mol. The van der Waals surface area contributed by atoms with Crippen LogP contribution >= 0.6 is 0 Å². The van der Waals surface area contributed by atoms with Gasteiger partial charge in [-0.2, -0.15) is 4.39 Å². The monoisotopic (exact) mass is 319 g/mol. The van der Waals surface area contributed by atoms with Crippen LogP contribution in [0.25, 0.3) is 0 Å². The third-order valence-electron chi connectivity index (χ3n) is 2.58. The number of nitrogens with zero attached hydrogens (tertiary/aromatic N) is 1. The number of benzene rings is 1. The lowest BCUT2D eigenvalue weighted by atomic mass is 10.2. The number of nitro groups is 1. The molecule has 3 N–H and O–H groups in total. The van der Waals surface area contributed by atoms with Crippen LogP contribution in [0.2, 0.25) is 0 Å². The molecule has 0 bridgehead atoms. The maximum atomic E-state index is 13.5. The summed E-state index contributed by atoms with van der Waals surface area (Å²) in [7, 11) is -4.13. The van der Waals surface area contributed by atoms with Gasteiger partial charge in [0, 0.05) is 18.5 Å². The van der Waals surface area contributed by atoms with E-state index < -0.39 is 43.3 Å². The predicted octanol–water partition coefficient (Wildman–Crippen LogP) is 0.585.